The van der Waals surface area contributed by atoms with Gasteiger partial charge in [-0.3, -0.25) is 9.69 Å². The fourth-order valence-electron chi connectivity index (χ4n) is 5.20. The zero-order valence-electron chi connectivity index (χ0n) is 18.9. The maximum Gasteiger partial charge on any atom is 0.258 e. The van der Waals surface area contributed by atoms with E-state index >= 15 is 0 Å². The van der Waals surface area contributed by atoms with E-state index in [0.717, 1.165) is 53.9 Å². The summed E-state index contributed by atoms with van der Waals surface area (Å²) in [6, 6.07) is 19.5. The molecule has 7 heteroatoms. The number of benzene rings is 3. The lowest BCUT2D eigenvalue weighted by Gasteiger charge is -2.40. The first-order chi connectivity index (χ1) is 16.4. The fraction of sp³-hybridized carbons (Fsp3) is 0.296. The van der Waals surface area contributed by atoms with Crippen LogP contribution in [0.25, 0.3) is 0 Å². The molecule has 0 atom stereocenters. The molecule has 2 heterocycles. The quantitative estimate of drug-likeness (QED) is 0.346. The van der Waals surface area contributed by atoms with Crippen LogP contribution in [-0.4, -0.2) is 37.6 Å². The summed E-state index contributed by atoms with van der Waals surface area (Å²) in [7, 11) is 1.69. The van der Waals surface area contributed by atoms with Gasteiger partial charge in [0.1, 0.15) is 5.75 Å². The molecule has 3 aromatic carbocycles. The Hall–Kier alpha value is -2.05. The van der Waals surface area contributed by atoms with Crippen LogP contribution in [0, 0.1) is 0 Å². The van der Waals surface area contributed by atoms with Gasteiger partial charge >= 0.3 is 0 Å². The third-order valence-electron chi connectivity index (χ3n) is 7.05. The summed E-state index contributed by atoms with van der Waals surface area (Å²) in [4.78, 5) is 17.9. The summed E-state index contributed by atoms with van der Waals surface area (Å²) in [6.07, 6.45) is 1.94. The minimum Gasteiger partial charge on any atom is -0.497 e. The van der Waals surface area contributed by atoms with Gasteiger partial charge in [0, 0.05) is 34.2 Å². The molecular formula is C27H25BrCl2N2O2. The molecule has 5 rings (SSSR count). The number of likely N-dealkylation sites (tertiary alicyclic amines) is 1. The highest BCUT2D eigenvalue weighted by molar-refractivity contribution is 9.10. The summed E-state index contributed by atoms with van der Waals surface area (Å²) in [6.45, 7) is 3.39. The third kappa shape index (κ3) is 4.47. The number of carbonyl (C=O) groups is 1. The second-order valence-electron chi connectivity index (χ2n) is 9.09. The lowest BCUT2D eigenvalue weighted by molar-refractivity contribution is 0.0975. The second kappa shape index (κ2) is 9.54. The van der Waals surface area contributed by atoms with Crippen molar-refractivity contribution in [2.45, 2.75) is 24.8 Å². The Kier molecular flexibility index (Phi) is 6.64. The van der Waals surface area contributed by atoms with Gasteiger partial charge in [-0.2, -0.15) is 0 Å². The van der Waals surface area contributed by atoms with Crippen LogP contribution in [0.15, 0.2) is 65.1 Å². The smallest absolute Gasteiger partial charge is 0.258 e. The van der Waals surface area contributed by atoms with Crippen LogP contribution in [0.5, 0.6) is 5.75 Å². The molecule has 0 bridgehead atoms. The normalized spacial score (nSPS) is 17.1. The summed E-state index contributed by atoms with van der Waals surface area (Å²) in [5, 5.41) is 1.17. The maximum absolute atomic E-state index is 13.5. The first kappa shape index (κ1) is 23.7. The Balaban J connectivity index is 1.40. The van der Waals surface area contributed by atoms with E-state index in [1.165, 1.54) is 5.56 Å². The predicted octanol–water partition coefficient (Wildman–Crippen LogP) is 6.96. The van der Waals surface area contributed by atoms with Crippen molar-refractivity contribution in [3.05, 3.63) is 91.9 Å². The largest absolute Gasteiger partial charge is 0.497 e. The summed E-state index contributed by atoms with van der Waals surface area (Å²) < 4.78 is 6.45. The minimum atomic E-state index is -0.0836. The van der Waals surface area contributed by atoms with Crippen LogP contribution >= 0.6 is 39.1 Å². The monoisotopic (exact) mass is 558 g/mol. The van der Waals surface area contributed by atoms with E-state index in [-0.39, 0.29) is 11.3 Å². The number of nitrogens with zero attached hydrogens (tertiary/aromatic N) is 2. The number of ether oxygens (including phenoxy) is 1. The van der Waals surface area contributed by atoms with Crippen molar-refractivity contribution in [1.29, 1.82) is 0 Å². The number of fused-ring (bicyclic) bond motifs is 2. The number of carbonyl (C=O) groups excluding carboxylic acids is 1. The minimum absolute atomic E-state index is 0.0304. The van der Waals surface area contributed by atoms with Crippen molar-refractivity contribution in [1.82, 2.24) is 4.90 Å². The summed E-state index contributed by atoms with van der Waals surface area (Å²) in [5.74, 6) is 0.857. The maximum atomic E-state index is 13.5. The van der Waals surface area contributed by atoms with Crippen molar-refractivity contribution in [2.75, 3.05) is 31.6 Å². The Labute approximate surface area is 218 Å². The lowest BCUT2D eigenvalue weighted by atomic mass is 9.74. The number of rotatable bonds is 4. The molecule has 3 aromatic rings. The van der Waals surface area contributed by atoms with Crippen LogP contribution in [0.1, 0.15) is 34.3 Å². The van der Waals surface area contributed by atoms with Gasteiger partial charge in [0.15, 0.2) is 0 Å². The van der Waals surface area contributed by atoms with E-state index in [2.05, 4.69) is 26.9 Å². The molecule has 0 unspecified atom stereocenters. The third-order valence-corrected chi connectivity index (χ3v) is 8.28. The number of halogens is 3. The molecule has 0 aliphatic carbocycles. The van der Waals surface area contributed by atoms with Crippen molar-refractivity contribution < 1.29 is 9.53 Å². The molecule has 1 saturated heterocycles. The molecule has 34 heavy (non-hydrogen) atoms. The molecule has 1 fully saturated rings. The number of hydrogen-bond acceptors (Lipinski definition) is 3. The van der Waals surface area contributed by atoms with Gasteiger partial charge in [-0.25, -0.2) is 0 Å². The first-order valence-electron chi connectivity index (χ1n) is 11.3. The standard InChI is InChI=1S/C27H25BrCl2N2O2/c1-34-21-6-8-25-22(15-21)27(17-32(25)26(33)19-3-2-4-20(28)14-19)9-11-31(12-10-27)16-18-5-7-23(29)24(30)13-18/h2-8,13-15H,9-12,16-17H2,1H3. The molecule has 176 valence electrons. The Bertz CT molecular complexity index is 1240. The van der Waals surface area contributed by atoms with Crippen LogP contribution < -0.4 is 9.64 Å². The molecule has 1 amide bonds. The highest BCUT2D eigenvalue weighted by atomic mass is 79.9. The predicted molar refractivity (Wildman–Crippen MR) is 141 cm³/mol. The van der Waals surface area contributed by atoms with E-state index in [1.54, 1.807) is 7.11 Å². The lowest BCUT2D eigenvalue weighted by Crippen LogP contribution is -2.45. The van der Waals surface area contributed by atoms with E-state index in [0.29, 0.717) is 22.2 Å². The topological polar surface area (TPSA) is 32.8 Å². The molecule has 4 nitrogen and oxygen atoms in total. The number of anilines is 1. The average Bonchev–Trinajstić information content (AvgIpc) is 3.15. The zero-order chi connectivity index (χ0) is 23.9. The van der Waals surface area contributed by atoms with Gasteiger partial charge < -0.3 is 9.64 Å². The molecule has 2 aliphatic rings. The number of hydrogen-bond donors (Lipinski definition) is 0. The highest BCUT2D eigenvalue weighted by Crippen LogP contribution is 2.49. The fourth-order valence-corrected chi connectivity index (χ4v) is 5.92. The van der Waals surface area contributed by atoms with Crippen LogP contribution in [0.4, 0.5) is 5.69 Å². The van der Waals surface area contributed by atoms with Crippen LogP contribution in [0.2, 0.25) is 10.0 Å². The van der Waals surface area contributed by atoms with Gasteiger partial charge in [0.2, 0.25) is 0 Å². The van der Waals surface area contributed by atoms with Crippen molar-refractivity contribution in [3.8, 4) is 5.75 Å². The number of methoxy groups -OCH3 is 1. The Morgan fingerprint density at radius 3 is 2.53 bits per heavy atom. The zero-order valence-corrected chi connectivity index (χ0v) is 22.0. The van der Waals surface area contributed by atoms with E-state index in [9.17, 15) is 4.79 Å². The molecule has 2 aliphatic heterocycles. The van der Waals surface area contributed by atoms with Gasteiger partial charge in [0.25, 0.3) is 5.91 Å². The molecule has 0 N–H and O–H groups in total. The van der Waals surface area contributed by atoms with Crippen LogP contribution in [-0.2, 0) is 12.0 Å². The van der Waals surface area contributed by atoms with Crippen molar-refractivity contribution in [2.24, 2.45) is 0 Å². The summed E-state index contributed by atoms with van der Waals surface area (Å²) in [5.41, 5.74) is 3.96. The van der Waals surface area contributed by atoms with Gasteiger partial charge in [-0.1, -0.05) is 51.3 Å². The van der Waals surface area contributed by atoms with Crippen LogP contribution in [0.3, 0.4) is 0 Å². The summed E-state index contributed by atoms with van der Waals surface area (Å²) >= 11 is 15.8. The second-order valence-corrected chi connectivity index (χ2v) is 10.8. The molecule has 0 radical (unpaired) electrons. The Morgan fingerprint density at radius 2 is 1.82 bits per heavy atom. The Morgan fingerprint density at radius 1 is 1.03 bits per heavy atom. The van der Waals surface area contributed by atoms with Crippen molar-refractivity contribution in [3.63, 3.8) is 0 Å². The molecule has 1 spiro atoms. The van der Waals surface area contributed by atoms with Gasteiger partial charge in [-0.15, -0.1) is 0 Å². The molecule has 0 aromatic heterocycles. The van der Waals surface area contributed by atoms with E-state index < -0.39 is 0 Å². The number of amides is 1. The first-order valence-corrected chi connectivity index (χ1v) is 12.9. The van der Waals surface area contributed by atoms with E-state index in [1.807, 2.05) is 59.5 Å². The molecule has 0 saturated carbocycles. The average molecular weight is 560 g/mol. The number of piperidine rings is 1. The molecular weight excluding hydrogens is 535 g/mol. The van der Waals surface area contributed by atoms with E-state index in [4.69, 9.17) is 27.9 Å². The SMILES string of the molecule is COc1ccc2c(c1)C1(CCN(Cc3ccc(Cl)c(Cl)c3)CC1)CN2C(=O)c1cccc(Br)c1. The van der Waals surface area contributed by atoms with Gasteiger partial charge in [-0.05, 0) is 85.6 Å². The highest BCUT2D eigenvalue weighted by Gasteiger charge is 2.46. The van der Waals surface area contributed by atoms with Gasteiger partial charge in [0.05, 0.1) is 17.2 Å². The van der Waals surface area contributed by atoms with Crippen molar-refractivity contribution >= 4 is 50.7 Å².